The van der Waals surface area contributed by atoms with Gasteiger partial charge in [-0.15, -0.1) is 0 Å². The highest BCUT2D eigenvalue weighted by molar-refractivity contribution is 6.15. The minimum Gasteiger partial charge on any atom is -0.295 e. The van der Waals surface area contributed by atoms with E-state index in [1.165, 1.54) is 0 Å². The molecule has 9 heavy (non-hydrogen) atoms. The lowest BCUT2D eigenvalue weighted by molar-refractivity contribution is -0.229. The van der Waals surface area contributed by atoms with Crippen molar-refractivity contribution < 1.29 is 19.7 Å². The molecule has 4 heteroatoms. The van der Waals surface area contributed by atoms with E-state index < -0.39 is 11.8 Å². The monoisotopic (exact) mass is 130 g/mol. The maximum Gasteiger partial charge on any atom is 0.375 e. The summed E-state index contributed by atoms with van der Waals surface area (Å²) in [6.45, 7) is 4.19. The van der Waals surface area contributed by atoms with Crippen LogP contribution in [0.25, 0.3) is 0 Å². The summed E-state index contributed by atoms with van der Waals surface area (Å²) < 4.78 is 0. The molecule has 0 aromatic carbocycles. The summed E-state index contributed by atoms with van der Waals surface area (Å²) in [6.07, 6.45) is 0. The molecule has 0 bridgehead atoms. The van der Waals surface area contributed by atoms with E-state index in [9.17, 15) is 9.59 Å². The van der Waals surface area contributed by atoms with Crippen LogP contribution in [0.4, 0.5) is 0 Å². The van der Waals surface area contributed by atoms with Crippen molar-refractivity contribution in [3.8, 4) is 0 Å². The van der Waals surface area contributed by atoms with E-state index in [-0.39, 0.29) is 5.57 Å². The molecule has 0 rings (SSSR count). The molecule has 0 unspecified atom stereocenters. The number of carbonyl (C=O) groups excluding carboxylic acids is 2. The normalized spacial score (nSPS) is 8.22. The summed E-state index contributed by atoms with van der Waals surface area (Å²) in [7, 11) is 0. The van der Waals surface area contributed by atoms with Gasteiger partial charge in [-0.25, -0.2) is 4.79 Å². The first-order chi connectivity index (χ1) is 4.09. The van der Waals surface area contributed by atoms with Crippen LogP contribution in [0.2, 0.25) is 0 Å². The van der Waals surface area contributed by atoms with E-state index in [1.54, 1.807) is 0 Å². The van der Waals surface area contributed by atoms with Crippen molar-refractivity contribution in [3.05, 3.63) is 12.2 Å². The molecule has 0 aliphatic carbocycles. The molecule has 0 saturated carbocycles. The number of carbonyl (C=O) groups is 2. The summed E-state index contributed by atoms with van der Waals surface area (Å²) >= 11 is 0. The van der Waals surface area contributed by atoms with E-state index in [1.807, 2.05) is 0 Å². The van der Waals surface area contributed by atoms with E-state index in [0.717, 1.165) is 6.92 Å². The summed E-state index contributed by atoms with van der Waals surface area (Å²) in [5.74, 6) is -1.63. The van der Waals surface area contributed by atoms with Crippen LogP contribution in [0.3, 0.4) is 0 Å². The molecular formula is C5H6O4. The van der Waals surface area contributed by atoms with Gasteiger partial charge in [-0.2, -0.15) is 5.26 Å². The summed E-state index contributed by atoms with van der Waals surface area (Å²) in [5, 5.41) is 7.69. The number of rotatable bonds is 2. The lowest BCUT2D eigenvalue weighted by Gasteiger charge is -1.92. The molecule has 0 atom stereocenters. The zero-order chi connectivity index (χ0) is 7.44. The van der Waals surface area contributed by atoms with Gasteiger partial charge in [-0.3, -0.25) is 9.68 Å². The predicted molar refractivity (Wildman–Crippen MR) is 28.5 cm³/mol. The zero-order valence-corrected chi connectivity index (χ0v) is 4.88. The van der Waals surface area contributed by atoms with Gasteiger partial charge >= 0.3 is 5.97 Å². The van der Waals surface area contributed by atoms with Crippen molar-refractivity contribution in [3.63, 3.8) is 0 Å². The lowest BCUT2D eigenvalue weighted by Crippen LogP contribution is -2.10. The van der Waals surface area contributed by atoms with Crippen molar-refractivity contribution in [2.24, 2.45) is 0 Å². The number of ketones is 1. The van der Waals surface area contributed by atoms with Crippen molar-refractivity contribution in [1.82, 2.24) is 0 Å². The van der Waals surface area contributed by atoms with Crippen LogP contribution in [0.1, 0.15) is 6.92 Å². The average Bonchev–Trinajstić information content (AvgIpc) is 1.84. The fourth-order valence-electron chi connectivity index (χ4n) is 0.199. The molecule has 0 spiro atoms. The molecule has 0 aromatic rings. The third-order valence-corrected chi connectivity index (χ3v) is 0.754. The van der Waals surface area contributed by atoms with Crippen LogP contribution >= 0.6 is 0 Å². The predicted octanol–water partition coefficient (Wildman–Crippen LogP) is 0.148. The van der Waals surface area contributed by atoms with Crippen LogP contribution in [0.5, 0.6) is 0 Å². The summed E-state index contributed by atoms with van der Waals surface area (Å²) in [4.78, 5) is 23.6. The molecule has 4 nitrogen and oxygen atoms in total. The Kier molecular flexibility index (Phi) is 2.60. The van der Waals surface area contributed by atoms with Gasteiger partial charge in [0.05, 0.1) is 5.57 Å². The Morgan fingerprint density at radius 2 is 2.00 bits per heavy atom. The minimum absolute atomic E-state index is 0.363. The first kappa shape index (κ1) is 7.84. The first-order valence-electron chi connectivity index (χ1n) is 2.15. The third kappa shape index (κ3) is 2.05. The highest BCUT2D eigenvalue weighted by Gasteiger charge is 2.11. The van der Waals surface area contributed by atoms with E-state index in [0.29, 0.717) is 0 Å². The second kappa shape index (κ2) is 2.99. The van der Waals surface area contributed by atoms with Gasteiger partial charge in [0.1, 0.15) is 0 Å². The van der Waals surface area contributed by atoms with Crippen molar-refractivity contribution >= 4 is 11.8 Å². The molecular weight excluding hydrogens is 124 g/mol. The van der Waals surface area contributed by atoms with Crippen LogP contribution in [-0.2, 0) is 14.5 Å². The van der Waals surface area contributed by atoms with Gasteiger partial charge in [-0.05, 0) is 6.92 Å². The molecule has 0 fully saturated rings. The summed E-state index contributed by atoms with van der Waals surface area (Å²) in [5.41, 5.74) is -0.363. The van der Waals surface area contributed by atoms with Gasteiger partial charge in [-0.1, -0.05) is 6.58 Å². The van der Waals surface area contributed by atoms with Crippen LogP contribution in [-0.4, -0.2) is 17.0 Å². The van der Waals surface area contributed by atoms with Crippen LogP contribution in [0.15, 0.2) is 12.2 Å². The largest absolute Gasteiger partial charge is 0.375 e. The smallest absolute Gasteiger partial charge is 0.295 e. The van der Waals surface area contributed by atoms with E-state index in [4.69, 9.17) is 5.26 Å². The number of Topliss-reactive ketones (excluding diaryl/α,β-unsaturated/α-hetero) is 1. The van der Waals surface area contributed by atoms with Gasteiger partial charge in [0.25, 0.3) is 0 Å². The Morgan fingerprint density at radius 1 is 1.56 bits per heavy atom. The topological polar surface area (TPSA) is 63.6 Å². The molecule has 0 aliphatic rings. The molecule has 0 aromatic heterocycles. The number of hydrogen-bond acceptors (Lipinski definition) is 4. The van der Waals surface area contributed by atoms with Crippen LogP contribution in [0, 0.1) is 0 Å². The Bertz CT molecular complexity index is 158. The van der Waals surface area contributed by atoms with Gasteiger partial charge in [0.15, 0.2) is 5.78 Å². The quantitative estimate of drug-likeness (QED) is 0.190. The molecule has 0 aliphatic heterocycles. The Morgan fingerprint density at radius 3 is 2.11 bits per heavy atom. The third-order valence-electron chi connectivity index (χ3n) is 0.754. The highest BCUT2D eigenvalue weighted by Crippen LogP contribution is 1.92. The fraction of sp³-hybridized carbons (Fsp3) is 0.200. The summed E-state index contributed by atoms with van der Waals surface area (Å²) in [6, 6.07) is 0. The maximum atomic E-state index is 10.2. The minimum atomic E-state index is -1.11. The second-order valence-corrected chi connectivity index (χ2v) is 1.41. The molecule has 0 heterocycles. The Hall–Kier alpha value is -1.16. The Labute approximate surface area is 51.7 Å². The molecule has 0 saturated heterocycles. The number of hydrogen-bond donors (Lipinski definition) is 1. The average molecular weight is 130 g/mol. The van der Waals surface area contributed by atoms with E-state index >= 15 is 0 Å². The molecule has 0 amide bonds. The van der Waals surface area contributed by atoms with Crippen molar-refractivity contribution in [2.75, 3.05) is 0 Å². The molecule has 1 N–H and O–H groups in total. The fourth-order valence-corrected chi connectivity index (χ4v) is 0.199. The molecule has 50 valence electrons. The SMILES string of the molecule is C=C(C(C)=O)C(=O)OO. The van der Waals surface area contributed by atoms with E-state index in [2.05, 4.69) is 11.5 Å². The molecule has 0 radical (unpaired) electrons. The van der Waals surface area contributed by atoms with Gasteiger partial charge < -0.3 is 0 Å². The second-order valence-electron chi connectivity index (χ2n) is 1.41. The zero-order valence-electron chi connectivity index (χ0n) is 4.88. The lowest BCUT2D eigenvalue weighted by atomic mass is 10.2. The first-order valence-corrected chi connectivity index (χ1v) is 2.15. The van der Waals surface area contributed by atoms with Crippen molar-refractivity contribution in [1.29, 1.82) is 0 Å². The van der Waals surface area contributed by atoms with Crippen LogP contribution < -0.4 is 0 Å². The van der Waals surface area contributed by atoms with Gasteiger partial charge in [0.2, 0.25) is 0 Å². The maximum absolute atomic E-state index is 10.2. The van der Waals surface area contributed by atoms with Gasteiger partial charge in [0, 0.05) is 0 Å². The Balaban J connectivity index is 4.05. The van der Waals surface area contributed by atoms with Crippen molar-refractivity contribution in [2.45, 2.75) is 6.92 Å². The standard InChI is InChI=1S/C5H6O4/c1-3(4(2)6)5(7)9-8/h8H,1H2,2H3. The highest BCUT2D eigenvalue weighted by atomic mass is 17.1.